The Kier molecular flexibility index (Phi) is 5.14. The van der Waals surface area contributed by atoms with E-state index in [4.69, 9.17) is 4.74 Å². The molecule has 29 heavy (non-hydrogen) atoms. The van der Waals surface area contributed by atoms with Gasteiger partial charge in [-0.2, -0.15) is 0 Å². The van der Waals surface area contributed by atoms with E-state index in [0.717, 1.165) is 11.3 Å². The Balaban J connectivity index is 1.40. The molecule has 0 radical (unpaired) electrons. The highest BCUT2D eigenvalue weighted by Crippen LogP contribution is 2.18. The van der Waals surface area contributed by atoms with Crippen molar-refractivity contribution in [3.05, 3.63) is 92.8 Å². The number of aryl methyl sites for hydroxylation is 2. The van der Waals surface area contributed by atoms with E-state index >= 15 is 0 Å². The van der Waals surface area contributed by atoms with E-state index in [1.54, 1.807) is 40.8 Å². The Bertz CT molecular complexity index is 1230. The van der Waals surface area contributed by atoms with Gasteiger partial charge in [-0.25, -0.2) is 4.98 Å². The molecule has 1 N–H and O–H groups in total. The summed E-state index contributed by atoms with van der Waals surface area (Å²) in [5.41, 5.74) is 3.73. The van der Waals surface area contributed by atoms with Crippen molar-refractivity contribution in [1.82, 2.24) is 9.38 Å². The summed E-state index contributed by atoms with van der Waals surface area (Å²) in [4.78, 5) is 29.6. The molecule has 0 aliphatic rings. The Morgan fingerprint density at radius 3 is 2.55 bits per heavy atom. The molecule has 146 valence electrons. The second-order valence-corrected chi connectivity index (χ2v) is 7.55. The van der Waals surface area contributed by atoms with Crippen LogP contribution in [0.25, 0.3) is 4.96 Å². The van der Waals surface area contributed by atoms with E-state index < -0.39 is 0 Å². The maximum absolute atomic E-state index is 12.3. The number of nitrogens with zero attached hydrogens (tertiary/aromatic N) is 2. The lowest BCUT2D eigenvalue weighted by Gasteiger charge is -2.09. The highest BCUT2D eigenvalue weighted by atomic mass is 32.1. The molecule has 2 aromatic heterocycles. The van der Waals surface area contributed by atoms with Crippen LogP contribution in [0.2, 0.25) is 0 Å². The van der Waals surface area contributed by atoms with Gasteiger partial charge < -0.3 is 10.1 Å². The third kappa shape index (κ3) is 4.20. The molecule has 7 heteroatoms. The first-order valence-electron chi connectivity index (χ1n) is 9.07. The maximum atomic E-state index is 12.3. The summed E-state index contributed by atoms with van der Waals surface area (Å²) in [6, 6.07) is 16.0. The van der Waals surface area contributed by atoms with Crippen LogP contribution in [0.4, 0.5) is 5.69 Å². The van der Waals surface area contributed by atoms with Crippen LogP contribution in [-0.2, 0) is 6.61 Å². The first kappa shape index (κ1) is 18.9. The third-order valence-corrected chi connectivity index (χ3v) is 5.38. The predicted molar refractivity (Wildman–Crippen MR) is 114 cm³/mol. The lowest BCUT2D eigenvalue weighted by Crippen LogP contribution is -2.16. The molecule has 0 saturated carbocycles. The van der Waals surface area contributed by atoms with Gasteiger partial charge in [0, 0.05) is 28.4 Å². The summed E-state index contributed by atoms with van der Waals surface area (Å²) in [7, 11) is 0. The molecule has 4 rings (SSSR count). The second-order valence-electron chi connectivity index (χ2n) is 6.71. The topological polar surface area (TPSA) is 72.7 Å². The average Bonchev–Trinajstić information content (AvgIpc) is 3.09. The van der Waals surface area contributed by atoms with Crippen LogP contribution < -0.4 is 15.6 Å². The monoisotopic (exact) mass is 405 g/mol. The van der Waals surface area contributed by atoms with E-state index in [1.807, 2.05) is 31.4 Å². The van der Waals surface area contributed by atoms with Gasteiger partial charge in [0.2, 0.25) is 0 Å². The molecular formula is C22H19N3O3S. The zero-order valence-corrected chi connectivity index (χ0v) is 16.8. The first-order valence-corrected chi connectivity index (χ1v) is 9.95. The van der Waals surface area contributed by atoms with Crippen molar-refractivity contribution in [2.45, 2.75) is 20.5 Å². The van der Waals surface area contributed by atoms with E-state index in [9.17, 15) is 9.59 Å². The van der Waals surface area contributed by atoms with Crippen molar-refractivity contribution < 1.29 is 9.53 Å². The van der Waals surface area contributed by atoms with Crippen LogP contribution in [-0.4, -0.2) is 15.3 Å². The predicted octanol–water partition coefficient (Wildman–Crippen LogP) is 4.20. The normalized spacial score (nSPS) is 10.8. The van der Waals surface area contributed by atoms with Crippen LogP contribution in [0.5, 0.6) is 5.75 Å². The van der Waals surface area contributed by atoms with E-state index in [-0.39, 0.29) is 18.1 Å². The minimum absolute atomic E-state index is 0.110. The van der Waals surface area contributed by atoms with Crippen LogP contribution in [0.15, 0.2) is 64.8 Å². The van der Waals surface area contributed by atoms with Gasteiger partial charge in [0.1, 0.15) is 12.4 Å². The zero-order valence-electron chi connectivity index (χ0n) is 16.0. The highest BCUT2D eigenvalue weighted by Gasteiger charge is 2.08. The number of nitrogens with one attached hydrogen (secondary N) is 1. The van der Waals surface area contributed by atoms with Crippen molar-refractivity contribution >= 4 is 27.9 Å². The Morgan fingerprint density at radius 1 is 1.10 bits per heavy atom. The SMILES string of the molecule is Cc1ccc(C(=O)Nc2ccc(OCc3cc(=O)n4c(C)csc4n3)cc2)cc1. The van der Waals surface area contributed by atoms with Gasteiger partial charge in [-0.05, 0) is 50.2 Å². The summed E-state index contributed by atoms with van der Waals surface area (Å²) >= 11 is 1.43. The van der Waals surface area contributed by atoms with E-state index in [2.05, 4.69) is 10.3 Å². The van der Waals surface area contributed by atoms with Gasteiger partial charge in [0.05, 0.1) is 5.69 Å². The number of anilines is 1. The van der Waals surface area contributed by atoms with E-state index in [1.165, 1.54) is 17.4 Å². The van der Waals surface area contributed by atoms with Gasteiger partial charge in [-0.3, -0.25) is 14.0 Å². The lowest BCUT2D eigenvalue weighted by atomic mass is 10.1. The molecule has 0 atom stereocenters. The van der Waals surface area contributed by atoms with Gasteiger partial charge in [-0.15, -0.1) is 11.3 Å². The molecule has 6 nitrogen and oxygen atoms in total. The number of hydrogen-bond acceptors (Lipinski definition) is 5. The Morgan fingerprint density at radius 2 is 1.83 bits per heavy atom. The number of carbonyl (C=O) groups excluding carboxylic acids is 1. The number of thiazole rings is 1. The lowest BCUT2D eigenvalue weighted by molar-refractivity contribution is 0.102. The largest absolute Gasteiger partial charge is 0.487 e. The number of carbonyl (C=O) groups is 1. The van der Waals surface area contributed by atoms with Crippen LogP contribution in [0, 0.1) is 13.8 Å². The number of fused-ring (bicyclic) bond motifs is 1. The maximum Gasteiger partial charge on any atom is 0.259 e. The standard InChI is InChI=1S/C22H19N3O3S/c1-14-3-5-16(6-4-14)21(27)23-17-7-9-19(10-8-17)28-12-18-11-20(26)25-15(2)13-29-22(25)24-18/h3-11,13H,12H2,1-2H3,(H,23,27). The minimum atomic E-state index is -0.164. The average molecular weight is 405 g/mol. The van der Waals surface area contributed by atoms with Crippen molar-refractivity contribution in [3.8, 4) is 5.75 Å². The number of ether oxygens (including phenoxy) is 1. The summed E-state index contributed by atoms with van der Waals surface area (Å²) in [6.45, 7) is 4.05. The Labute approximate surface area is 171 Å². The third-order valence-electron chi connectivity index (χ3n) is 4.44. The second kappa shape index (κ2) is 7.89. The summed E-state index contributed by atoms with van der Waals surface area (Å²) in [5.74, 6) is 0.464. The first-order chi connectivity index (χ1) is 14.0. The molecular weight excluding hydrogens is 386 g/mol. The smallest absolute Gasteiger partial charge is 0.259 e. The number of amides is 1. The molecule has 0 fully saturated rings. The van der Waals surface area contributed by atoms with Crippen molar-refractivity contribution in [2.24, 2.45) is 0 Å². The Hall–Kier alpha value is -3.45. The number of hydrogen-bond donors (Lipinski definition) is 1. The molecule has 0 bridgehead atoms. The fraction of sp³-hybridized carbons (Fsp3) is 0.136. The number of rotatable bonds is 5. The van der Waals surface area contributed by atoms with Gasteiger partial charge in [0.15, 0.2) is 4.96 Å². The summed E-state index contributed by atoms with van der Waals surface area (Å²) in [5, 5.41) is 4.76. The summed E-state index contributed by atoms with van der Waals surface area (Å²) < 4.78 is 7.32. The molecule has 0 spiro atoms. The van der Waals surface area contributed by atoms with Crippen LogP contribution in [0.1, 0.15) is 27.3 Å². The van der Waals surface area contributed by atoms with Crippen LogP contribution in [0.3, 0.4) is 0 Å². The molecule has 2 aromatic carbocycles. The number of benzene rings is 2. The zero-order chi connectivity index (χ0) is 20.4. The van der Waals surface area contributed by atoms with Gasteiger partial charge in [-0.1, -0.05) is 17.7 Å². The quantitative estimate of drug-likeness (QED) is 0.540. The fourth-order valence-corrected chi connectivity index (χ4v) is 3.77. The molecule has 2 heterocycles. The molecule has 4 aromatic rings. The minimum Gasteiger partial charge on any atom is -0.487 e. The highest BCUT2D eigenvalue weighted by molar-refractivity contribution is 7.15. The molecule has 0 aliphatic carbocycles. The van der Waals surface area contributed by atoms with Crippen molar-refractivity contribution in [3.63, 3.8) is 0 Å². The van der Waals surface area contributed by atoms with Crippen LogP contribution >= 0.6 is 11.3 Å². The van der Waals surface area contributed by atoms with Gasteiger partial charge in [0.25, 0.3) is 11.5 Å². The van der Waals surface area contributed by atoms with Crippen molar-refractivity contribution in [2.75, 3.05) is 5.32 Å². The molecule has 1 amide bonds. The van der Waals surface area contributed by atoms with E-state index in [0.29, 0.717) is 27.7 Å². The number of aromatic nitrogens is 2. The fourth-order valence-electron chi connectivity index (χ4n) is 2.87. The molecule has 0 aliphatic heterocycles. The van der Waals surface area contributed by atoms with Crippen molar-refractivity contribution in [1.29, 1.82) is 0 Å². The summed E-state index contributed by atoms with van der Waals surface area (Å²) in [6.07, 6.45) is 0. The molecule has 0 saturated heterocycles. The van der Waals surface area contributed by atoms with Gasteiger partial charge >= 0.3 is 0 Å². The molecule has 0 unspecified atom stereocenters.